The average Bonchev–Trinajstić information content (AvgIpc) is 3.11. The van der Waals surface area contributed by atoms with Crippen LogP contribution >= 0.6 is 22.9 Å². The normalized spacial score (nSPS) is 10.8. The molecule has 3 rings (SSSR count). The number of aromatic nitrogens is 3. The monoisotopic (exact) mass is 335 g/mol. The van der Waals surface area contributed by atoms with Crippen LogP contribution in [-0.4, -0.2) is 20.8 Å². The predicted octanol–water partition coefficient (Wildman–Crippen LogP) is 3.49. The molecule has 0 unspecified atom stereocenters. The minimum Gasteiger partial charge on any atom is -0.331 e. The molecule has 0 bridgehead atoms. The fourth-order valence-corrected chi connectivity index (χ4v) is 3.45. The second-order valence-corrected chi connectivity index (χ2v) is 6.01. The average molecular weight is 336 g/mol. The van der Waals surface area contributed by atoms with Gasteiger partial charge in [0.15, 0.2) is 5.82 Å². The van der Waals surface area contributed by atoms with E-state index in [9.17, 15) is 4.79 Å². The van der Waals surface area contributed by atoms with Crippen LogP contribution in [0, 0.1) is 0 Å². The first kappa shape index (κ1) is 14.8. The molecule has 6 nitrogen and oxygen atoms in total. The lowest BCUT2D eigenvalue weighted by Gasteiger charge is -2.06. The molecule has 0 fully saturated rings. The van der Waals surface area contributed by atoms with Crippen LogP contribution in [0.15, 0.2) is 30.6 Å². The van der Waals surface area contributed by atoms with Gasteiger partial charge < -0.3 is 9.88 Å². The van der Waals surface area contributed by atoms with E-state index in [2.05, 4.69) is 20.8 Å². The van der Waals surface area contributed by atoms with Gasteiger partial charge in [-0.05, 0) is 13.0 Å². The van der Waals surface area contributed by atoms with Gasteiger partial charge in [-0.15, -0.1) is 21.5 Å². The summed E-state index contributed by atoms with van der Waals surface area (Å²) in [4.78, 5) is 12.0. The molecule has 0 aliphatic heterocycles. The van der Waals surface area contributed by atoms with Gasteiger partial charge in [-0.2, -0.15) is 0 Å². The molecule has 2 amide bonds. The Morgan fingerprint density at radius 2 is 2.23 bits per heavy atom. The van der Waals surface area contributed by atoms with E-state index in [-0.39, 0.29) is 6.03 Å². The molecule has 0 aliphatic rings. The third-order valence-corrected chi connectivity index (χ3v) is 4.80. The number of urea groups is 1. The number of thiophene rings is 1. The molecular formula is C14H14ClN5OS. The summed E-state index contributed by atoms with van der Waals surface area (Å²) in [6.07, 6.45) is 1.64. The molecule has 8 heteroatoms. The van der Waals surface area contributed by atoms with Crippen molar-refractivity contribution in [3.8, 4) is 0 Å². The minimum atomic E-state index is -0.320. The van der Waals surface area contributed by atoms with E-state index in [0.717, 1.165) is 16.6 Å². The molecule has 114 valence electrons. The maximum Gasteiger partial charge on any atom is 0.320 e. The second kappa shape index (κ2) is 6.33. The number of carbonyl (C=O) groups is 1. The third-order valence-electron chi connectivity index (χ3n) is 3.21. The van der Waals surface area contributed by atoms with Crippen molar-refractivity contribution in [2.75, 3.05) is 5.32 Å². The van der Waals surface area contributed by atoms with Gasteiger partial charge in [-0.25, -0.2) is 4.79 Å². The zero-order valence-electron chi connectivity index (χ0n) is 11.8. The van der Waals surface area contributed by atoms with Crippen LogP contribution in [-0.2, 0) is 13.1 Å². The number of rotatable bonds is 4. The Kier molecular flexibility index (Phi) is 4.26. The highest BCUT2D eigenvalue weighted by Gasteiger charge is 2.13. The van der Waals surface area contributed by atoms with Gasteiger partial charge >= 0.3 is 6.03 Å². The summed E-state index contributed by atoms with van der Waals surface area (Å²) in [6.45, 7) is 3.06. The molecule has 22 heavy (non-hydrogen) atoms. The number of anilines is 1. The molecule has 0 radical (unpaired) electrons. The zero-order valence-corrected chi connectivity index (χ0v) is 13.4. The Bertz CT molecular complexity index is 813. The largest absolute Gasteiger partial charge is 0.331 e. The first-order chi connectivity index (χ1) is 10.7. The van der Waals surface area contributed by atoms with Crippen molar-refractivity contribution in [3.05, 3.63) is 41.4 Å². The van der Waals surface area contributed by atoms with Gasteiger partial charge in [0.2, 0.25) is 0 Å². The van der Waals surface area contributed by atoms with Crippen molar-refractivity contribution >= 4 is 44.1 Å². The van der Waals surface area contributed by atoms with E-state index in [1.807, 2.05) is 35.8 Å². The molecule has 2 aromatic heterocycles. The zero-order chi connectivity index (χ0) is 15.5. The predicted molar refractivity (Wildman–Crippen MR) is 88.4 cm³/mol. The van der Waals surface area contributed by atoms with Gasteiger partial charge in [-0.1, -0.05) is 29.8 Å². The van der Waals surface area contributed by atoms with Crippen LogP contribution in [0.25, 0.3) is 10.1 Å². The molecule has 0 saturated heterocycles. The summed E-state index contributed by atoms with van der Waals surface area (Å²) in [5.74, 6) is 0.708. The van der Waals surface area contributed by atoms with Crippen molar-refractivity contribution in [2.24, 2.45) is 0 Å². The molecule has 2 N–H and O–H groups in total. The van der Waals surface area contributed by atoms with Crippen LogP contribution in [0.2, 0.25) is 5.02 Å². The molecule has 3 aromatic rings. The first-order valence-electron chi connectivity index (χ1n) is 6.77. The lowest BCUT2D eigenvalue weighted by atomic mass is 10.3. The van der Waals surface area contributed by atoms with Crippen molar-refractivity contribution in [1.82, 2.24) is 20.1 Å². The maximum absolute atomic E-state index is 12.0. The van der Waals surface area contributed by atoms with E-state index in [1.165, 1.54) is 11.3 Å². The van der Waals surface area contributed by atoms with Crippen molar-refractivity contribution < 1.29 is 4.79 Å². The van der Waals surface area contributed by atoms with Crippen molar-refractivity contribution in [2.45, 2.75) is 20.0 Å². The standard InChI is InChI=1S/C14H14ClN5OS/c1-2-20-8-17-19-11(20)7-16-14(21)18-13-12(15)9-5-3-4-6-10(9)22-13/h3-6,8H,2,7H2,1H3,(H2,16,18,21). The van der Waals surface area contributed by atoms with E-state index in [0.29, 0.717) is 22.4 Å². The van der Waals surface area contributed by atoms with Gasteiger partial charge in [0.1, 0.15) is 11.3 Å². The van der Waals surface area contributed by atoms with E-state index in [4.69, 9.17) is 11.6 Å². The highest BCUT2D eigenvalue weighted by molar-refractivity contribution is 7.23. The SMILES string of the molecule is CCn1cnnc1CNC(=O)Nc1sc2ccccc2c1Cl. The number of nitrogens with one attached hydrogen (secondary N) is 2. The van der Waals surface area contributed by atoms with E-state index >= 15 is 0 Å². The number of amides is 2. The van der Waals surface area contributed by atoms with Crippen LogP contribution in [0.5, 0.6) is 0 Å². The Morgan fingerprint density at radius 3 is 3.00 bits per heavy atom. The number of aryl methyl sites for hydroxylation is 1. The lowest BCUT2D eigenvalue weighted by Crippen LogP contribution is -2.29. The Balaban J connectivity index is 1.67. The second-order valence-electron chi connectivity index (χ2n) is 4.58. The van der Waals surface area contributed by atoms with Gasteiger partial charge in [-0.3, -0.25) is 5.32 Å². The molecule has 0 saturated carbocycles. The van der Waals surface area contributed by atoms with E-state index < -0.39 is 0 Å². The summed E-state index contributed by atoms with van der Waals surface area (Å²) in [7, 11) is 0. The van der Waals surface area contributed by atoms with Crippen molar-refractivity contribution in [1.29, 1.82) is 0 Å². The first-order valence-corrected chi connectivity index (χ1v) is 7.97. The topological polar surface area (TPSA) is 71.8 Å². The van der Waals surface area contributed by atoms with Crippen LogP contribution in [0.4, 0.5) is 9.80 Å². The summed E-state index contributed by atoms with van der Waals surface area (Å²) in [6, 6.07) is 7.44. The van der Waals surface area contributed by atoms with Gasteiger partial charge in [0.05, 0.1) is 11.6 Å². The lowest BCUT2D eigenvalue weighted by molar-refractivity contribution is 0.251. The molecular weight excluding hydrogens is 322 g/mol. The number of hydrogen-bond donors (Lipinski definition) is 2. The number of halogens is 1. The van der Waals surface area contributed by atoms with E-state index in [1.54, 1.807) is 6.33 Å². The number of benzene rings is 1. The summed E-state index contributed by atoms with van der Waals surface area (Å²) in [5, 5.41) is 15.5. The number of fused-ring (bicyclic) bond motifs is 1. The smallest absolute Gasteiger partial charge is 0.320 e. The van der Waals surface area contributed by atoms with Crippen molar-refractivity contribution in [3.63, 3.8) is 0 Å². The quantitative estimate of drug-likeness (QED) is 0.766. The Labute approximate surface area is 136 Å². The fraction of sp³-hybridized carbons (Fsp3) is 0.214. The molecule has 0 atom stereocenters. The summed E-state index contributed by atoms with van der Waals surface area (Å²) < 4.78 is 2.90. The molecule has 1 aromatic carbocycles. The minimum absolute atomic E-state index is 0.308. The van der Waals surface area contributed by atoms with Crippen LogP contribution in [0.1, 0.15) is 12.7 Å². The highest BCUT2D eigenvalue weighted by Crippen LogP contribution is 2.39. The molecule has 0 spiro atoms. The number of nitrogens with zero attached hydrogens (tertiary/aromatic N) is 3. The Hall–Kier alpha value is -2.12. The van der Waals surface area contributed by atoms with Gasteiger partial charge in [0, 0.05) is 16.6 Å². The van der Waals surface area contributed by atoms with Crippen LogP contribution < -0.4 is 10.6 Å². The Morgan fingerprint density at radius 1 is 1.41 bits per heavy atom. The molecule has 2 heterocycles. The summed E-state index contributed by atoms with van der Waals surface area (Å²) in [5.41, 5.74) is 0. The number of hydrogen-bond acceptors (Lipinski definition) is 4. The maximum atomic E-state index is 12.0. The van der Waals surface area contributed by atoms with Gasteiger partial charge in [0.25, 0.3) is 0 Å². The molecule has 0 aliphatic carbocycles. The number of carbonyl (C=O) groups excluding carboxylic acids is 1. The fourth-order valence-electron chi connectivity index (χ4n) is 2.08. The van der Waals surface area contributed by atoms with Crippen LogP contribution in [0.3, 0.4) is 0 Å². The highest BCUT2D eigenvalue weighted by atomic mass is 35.5. The third kappa shape index (κ3) is 2.90. The summed E-state index contributed by atoms with van der Waals surface area (Å²) >= 11 is 7.74.